The minimum atomic E-state index is -0.308. The topological polar surface area (TPSA) is 73.3 Å². The summed E-state index contributed by atoms with van der Waals surface area (Å²) in [6, 6.07) is 15.4. The molecule has 2 aromatic carbocycles. The molecule has 0 bridgehead atoms. The van der Waals surface area contributed by atoms with Crippen LogP contribution in [0.25, 0.3) is 10.6 Å². The highest BCUT2D eigenvalue weighted by Gasteiger charge is 2.14. The van der Waals surface area contributed by atoms with Crippen molar-refractivity contribution < 1.29 is 18.7 Å². The lowest BCUT2D eigenvalue weighted by molar-refractivity contribution is 0.0946. The van der Waals surface area contributed by atoms with Crippen LogP contribution in [0.2, 0.25) is 0 Å². The molecule has 4 rings (SSSR count). The van der Waals surface area contributed by atoms with Gasteiger partial charge >= 0.3 is 0 Å². The van der Waals surface area contributed by atoms with E-state index < -0.39 is 0 Å². The summed E-state index contributed by atoms with van der Waals surface area (Å²) in [4.78, 5) is 20.8. The minimum Gasteiger partial charge on any atom is -0.493 e. The number of halogens is 1. The van der Waals surface area contributed by atoms with Crippen LogP contribution in [-0.4, -0.2) is 23.0 Å². The summed E-state index contributed by atoms with van der Waals surface area (Å²) >= 11 is 1.37. The molecule has 6 nitrogen and oxygen atoms in total. The van der Waals surface area contributed by atoms with Gasteiger partial charge in [-0.05, 0) is 53.6 Å². The molecule has 0 saturated heterocycles. The molecule has 0 aliphatic heterocycles. The van der Waals surface area contributed by atoms with Gasteiger partial charge in [-0.25, -0.2) is 9.37 Å². The van der Waals surface area contributed by atoms with Crippen LogP contribution < -0.4 is 14.8 Å². The molecule has 1 N–H and O–H groups in total. The lowest BCUT2D eigenvalue weighted by atomic mass is 10.2. The van der Waals surface area contributed by atoms with E-state index in [4.69, 9.17) is 9.47 Å². The van der Waals surface area contributed by atoms with E-state index in [2.05, 4.69) is 15.3 Å². The molecule has 2 aromatic heterocycles. The van der Waals surface area contributed by atoms with Gasteiger partial charge in [0.05, 0.1) is 7.11 Å². The fourth-order valence-electron chi connectivity index (χ4n) is 2.99. The fourth-order valence-corrected chi connectivity index (χ4v) is 3.79. The minimum absolute atomic E-state index is 0.215. The zero-order valence-electron chi connectivity index (χ0n) is 17.2. The van der Waals surface area contributed by atoms with Crippen LogP contribution in [0.3, 0.4) is 0 Å². The summed E-state index contributed by atoms with van der Waals surface area (Å²) in [5, 5.41) is 5.26. The Labute approximate surface area is 188 Å². The van der Waals surface area contributed by atoms with E-state index in [1.54, 1.807) is 49.1 Å². The van der Waals surface area contributed by atoms with E-state index in [1.165, 1.54) is 23.5 Å². The third-order valence-electron chi connectivity index (χ3n) is 4.63. The number of rotatable bonds is 8. The molecule has 32 heavy (non-hydrogen) atoms. The van der Waals surface area contributed by atoms with Crippen LogP contribution >= 0.6 is 11.3 Å². The number of benzene rings is 2. The van der Waals surface area contributed by atoms with E-state index in [0.29, 0.717) is 28.7 Å². The number of pyridine rings is 1. The van der Waals surface area contributed by atoms with Crippen molar-refractivity contribution in [3.05, 3.63) is 95.0 Å². The first-order valence-corrected chi connectivity index (χ1v) is 10.7. The lowest BCUT2D eigenvalue weighted by Crippen LogP contribution is -2.23. The second-order valence-corrected chi connectivity index (χ2v) is 7.72. The highest BCUT2D eigenvalue weighted by molar-refractivity contribution is 7.13. The summed E-state index contributed by atoms with van der Waals surface area (Å²) in [5.41, 5.74) is 2.84. The molecule has 0 aliphatic carbocycles. The maximum atomic E-state index is 13.4. The van der Waals surface area contributed by atoms with Gasteiger partial charge in [0, 0.05) is 29.9 Å². The van der Waals surface area contributed by atoms with Gasteiger partial charge in [-0.2, -0.15) is 0 Å². The molecule has 0 atom stereocenters. The number of carbonyl (C=O) groups is 1. The zero-order valence-corrected chi connectivity index (χ0v) is 18.1. The predicted molar refractivity (Wildman–Crippen MR) is 120 cm³/mol. The molecule has 0 unspecified atom stereocenters. The number of carbonyl (C=O) groups excluding carboxylic acids is 1. The van der Waals surface area contributed by atoms with Crippen molar-refractivity contribution in [3.63, 3.8) is 0 Å². The first-order chi connectivity index (χ1) is 15.6. The Balaban J connectivity index is 1.43. The summed E-state index contributed by atoms with van der Waals surface area (Å²) < 4.78 is 24.6. The van der Waals surface area contributed by atoms with Gasteiger partial charge in [0.25, 0.3) is 5.91 Å². The molecule has 0 radical (unpaired) electrons. The molecule has 1 amide bonds. The maximum Gasteiger partial charge on any atom is 0.271 e. The van der Waals surface area contributed by atoms with Crippen molar-refractivity contribution in [3.8, 4) is 22.1 Å². The van der Waals surface area contributed by atoms with Crippen molar-refractivity contribution in [1.82, 2.24) is 15.3 Å². The average Bonchev–Trinajstić information content (AvgIpc) is 3.32. The van der Waals surface area contributed by atoms with E-state index in [9.17, 15) is 9.18 Å². The Hall–Kier alpha value is -3.78. The van der Waals surface area contributed by atoms with Crippen LogP contribution in [0.15, 0.2) is 72.4 Å². The molecule has 162 valence electrons. The Morgan fingerprint density at radius 2 is 1.91 bits per heavy atom. The van der Waals surface area contributed by atoms with Gasteiger partial charge < -0.3 is 14.8 Å². The van der Waals surface area contributed by atoms with Gasteiger partial charge in [-0.3, -0.25) is 9.78 Å². The molecule has 0 spiro atoms. The Morgan fingerprint density at radius 3 is 2.69 bits per heavy atom. The summed E-state index contributed by atoms with van der Waals surface area (Å²) in [6.45, 7) is 0.617. The Bertz CT molecular complexity index is 1210. The van der Waals surface area contributed by atoms with Crippen molar-refractivity contribution in [1.29, 1.82) is 0 Å². The van der Waals surface area contributed by atoms with Gasteiger partial charge in [0.2, 0.25) is 0 Å². The summed E-state index contributed by atoms with van der Waals surface area (Å²) in [7, 11) is 1.55. The first-order valence-electron chi connectivity index (χ1n) is 9.80. The first kappa shape index (κ1) is 21.5. The molecule has 0 saturated carbocycles. The van der Waals surface area contributed by atoms with Crippen LogP contribution in [0.1, 0.15) is 21.6 Å². The summed E-state index contributed by atoms with van der Waals surface area (Å²) in [6.07, 6.45) is 3.36. The molecule has 8 heteroatoms. The predicted octanol–water partition coefficient (Wildman–Crippen LogP) is 4.86. The number of nitrogens with zero attached hydrogens (tertiary/aromatic N) is 2. The maximum absolute atomic E-state index is 13.4. The second-order valence-electron chi connectivity index (χ2n) is 6.86. The number of amides is 1. The zero-order chi connectivity index (χ0) is 22.3. The van der Waals surface area contributed by atoms with E-state index in [0.717, 1.165) is 16.7 Å². The lowest BCUT2D eigenvalue weighted by Gasteiger charge is -2.12. The standard InChI is InChI=1S/C24H20FN3O3S/c1-30-22-12-18(5-6-21(22)31-14-17-3-2-4-19(25)11-17)24-28-20(15-32-24)23(29)27-13-16-7-9-26-10-8-16/h2-12,15H,13-14H2,1H3,(H,27,29). The molecule has 4 aromatic rings. The quantitative estimate of drug-likeness (QED) is 0.416. The van der Waals surface area contributed by atoms with Crippen molar-refractivity contribution in [2.45, 2.75) is 13.2 Å². The van der Waals surface area contributed by atoms with Crippen LogP contribution in [0.5, 0.6) is 11.5 Å². The SMILES string of the molecule is COc1cc(-c2nc(C(=O)NCc3ccncc3)cs2)ccc1OCc1cccc(F)c1. The highest BCUT2D eigenvalue weighted by Crippen LogP contribution is 2.34. The molecular formula is C24H20FN3O3S. The Morgan fingerprint density at radius 1 is 1.06 bits per heavy atom. The summed E-state index contributed by atoms with van der Waals surface area (Å²) in [5.74, 6) is 0.509. The Kier molecular flexibility index (Phi) is 6.72. The normalized spacial score (nSPS) is 10.6. The molecular weight excluding hydrogens is 429 g/mol. The average molecular weight is 450 g/mol. The van der Waals surface area contributed by atoms with Crippen LogP contribution in [-0.2, 0) is 13.2 Å². The third-order valence-corrected chi connectivity index (χ3v) is 5.52. The number of nitrogens with one attached hydrogen (secondary N) is 1. The van der Waals surface area contributed by atoms with E-state index in [-0.39, 0.29) is 18.3 Å². The van der Waals surface area contributed by atoms with Crippen molar-refractivity contribution >= 4 is 17.2 Å². The van der Waals surface area contributed by atoms with Crippen molar-refractivity contribution in [2.75, 3.05) is 7.11 Å². The van der Waals surface area contributed by atoms with Crippen LogP contribution in [0.4, 0.5) is 4.39 Å². The molecule has 2 heterocycles. The largest absolute Gasteiger partial charge is 0.493 e. The third kappa shape index (κ3) is 5.28. The number of hydrogen-bond donors (Lipinski definition) is 1. The second kappa shape index (κ2) is 10.0. The number of hydrogen-bond acceptors (Lipinski definition) is 6. The van der Waals surface area contributed by atoms with Gasteiger partial charge in [0.1, 0.15) is 23.1 Å². The number of thiazole rings is 1. The molecule has 0 fully saturated rings. The van der Waals surface area contributed by atoms with E-state index >= 15 is 0 Å². The monoisotopic (exact) mass is 449 g/mol. The number of methoxy groups -OCH3 is 1. The van der Waals surface area contributed by atoms with Crippen LogP contribution in [0, 0.1) is 5.82 Å². The number of ether oxygens (including phenoxy) is 2. The van der Waals surface area contributed by atoms with E-state index in [1.807, 2.05) is 18.2 Å². The van der Waals surface area contributed by atoms with Gasteiger partial charge in [0.15, 0.2) is 11.5 Å². The van der Waals surface area contributed by atoms with Gasteiger partial charge in [-0.15, -0.1) is 11.3 Å². The number of aromatic nitrogens is 2. The fraction of sp³-hybridized carbons (Fsp3) is 0.125. The van der Waals surface area contributed by atoms with Crippen molar-refractivity contribution in [2.24, 2.45) is 0 Å². The van der Waals surface area contributed by atoms with Gasteiger partial charge in [-0.1, -0.05) is 12.1 Å². The highest BCUT2D eigenvalue weighted by atomic mass is 32.1. The smallest absolute Gasteiger partial charge is 0.271 e. The molecule has 0 aliphatic rings.